The molecule has 9 heteroatoms. The predicted molar refractivity (Wildman–Crippen MR) is 108 cm³/mol. The van der Waals surface area contributed by atoms with E-state index in [2.05, 4.69) is 15.1 Å². The van der Waals surface area contributed by atoms with Gasteiger partial charge in [0.15, 0.2) is 17.4 Å². The smallest absolute Gasteiger partial charge is 0.182 e. The molecule has 0 fully saturated rings. The molecule has 0 saturated carbocycles. The van der Waals surface area contributed by atoms with Gasteiger partial charge in [0.2, 0.25) is 0 Å². The number of rotatable bonds is 6. The van der Waals surface area contributed by atoms with Crippen LogP contribution in [0.1, 0.15) is 12.5 Å². The highest BCUT2D eigenvalue weighted by molar-refractivity contribution is 5.91. The molecule has 0 bridgehead atoms. The second-order valence-corrected chi connectivity index (χ2v) is 6.47. The lowest BCUT2D eigenvalue weighted by atomic mass is 10.1. The Morgan fingerprint density at radius 2 is 1.87 bits per heavy atom. The van der Waals surface area contributed by atoms with Crippen molar-refractivity contribution in [3.63, 3.8) is 0 Å². The van der Waals surface area contributed by atoms with Gasteiger partial charge >= 0.3 is 0 Å². The standard InChI is InChI=1S/C21H19F2N5O2/c1-3-30-12-8-15(22)14(16(23)9-12)11-28-17-7-5-4-6-13(17)19(27-28)21-25-10-18(29-2)20(24)26-21/h4-10H,3,11H2,1-2H3,(H2,24,25,26). The van der Waals surface area contributed by atoms with Crippen molar-refractivity contribution in [2.75, 3.05) is 19.5 Å². The van der Waals surface area contributed by atoms with E-state index in [1.165, 1.54) is 30.1 Å². The van der Waals surface area contributed by atoms with E-state index in [1.807, 2.05) is 24.3 Å². The van der Waals surface area contributed by atoms with Gasteiger partial charge in [-0.1, -0.05) is 18.2 Å². The van der Waals surface area contributed by atoms with Gasteiger partial charge in [-0.3, -0.25) is 4.68 Å². The topological polar surface area (TPSA) is 88.1 Å². The summed E-state index contributed by atoms with van der Waals surface area (Å²) < 4.78 is 40.9. The van der Waals surface area contributed by atoms with Crippen molar-refractivity contribution in [2.24, 2.45) is 0 Å². The molecule has 0 spiro atoms. The average Bonchev–Trinajstić information content (AvgIpc) is 3.09. The van der Waals surface area contributed by atoms with Crippen LogP contribution < -0.4 is 15.2 Å². The lowest BCUT2D eigenvalue weighted by Gasteiger charge is -2.09. The molecule has 2 aromatic heterocycles. The van der Waals surface area contributed by atoms with Crippen molar-refractivity contribution in [3.05, 3.63) is 59.8 Å². The van der Waals surface area contributed by atoms with E-state index >= 15 is 0 Å². The largest absolute Gasteiger partial charge is 0.494 e. The minimum absolute atomic E-state index is 0.115. The Morgan fingerprint density at radius 1 is 1.13 bits per heavy atom. The van der Waals surface area contributed by atoms with Crippen LogP contribution in [0.25, 0.3) is 22.4 Å². The first-order valence-corrected chi connectivity index (χ1v) is 9.25. The van der Waals surface area contributed by atoms with E-state index in [9.17, 15) is 8.78 Å². The number of nitrogens with two attached hydrogens (primary N) is 1. The molecule has 0 radical (unpaired) electrons. The fourth-order valence-corrected chi connectivity index (χ4v) is 3.20. The molecule has 4 rings (SSSR count). The molecule has 0 saturated heterocycles. The van der Waals surface area contributed by atoms with Gasteiger partial charge in [-0.25, -0.2) is 18.7 Å². The molecule has 2 aromatic carbocycles. The summed E-state index contributed by atoms with van der Waals surface area (Å²) in [5.74, 6) is -0.458. The molecular formula is C21H19F2N5O2. The number of fused-ring (bicyclic) bond motifs is 1. The molecule has 2 heterocycles. The molecule has 154 valence electrons. The molecule has 0 aliphatic carbocycles. The Morgan fingerprint density at radius 3 is 2.53 bits per heavy atom. The summed E-state index contributed by atoms with van der Waals surface area (Å²) in [6.07, 6.45) is 1.46. The van der Waals surface area contributed by atoms with Crippen molar-refractivity contribution in [1.29, 1.82) is 0 Å². The molecule has 7 nitrogen and oxygen atoms in total. The van der Waals surface area contributed by atoms with E-state index < -0.39 is 11.6 Å². The summed E-state index contributed by atoms with van der Waals surface area (Å²) in [6.45, 7) is 1.95. The molecule has 0 atom stereocenters. The summed E-state index contributed by atoms with van der Waals surface area (Å²) in [4.78, 5) is 8.51. The Hall–Kier alpha value is -3.75. The van der Waals surface area contributed by atoms with E-state index in [0.29, 0.717) is 23.6 Å². The Bertz CT molecular complexity index is 1200. The van der Waals surface area contributed by atoms with E-state index in [-0.39, 0.29) is 29.5 Å². The zero-order valence-electron chi connectivity index (χ0n) is 16.4. The van der Waals surface area contributed by atoms with Crippen LogP contribution in [-0.2, 0) is 6.54 Å². The van der Waals surface area contributed by atoms with E-state index in [0.717, 1.165) is 5.39 Å². The number of para-hydroxylation sites is 1. The lowest BCUT2D eigenvalue weighted by molar-refractivity contribution is 0.335. The minimum Gasteiger partial charge on any atom is -0.494 e. The number of aromatic nitrogens is 4. The lowest BCUT2D eigenvalue weighted by Crippen LogP contribution is -2.07. The third kappa shape index (κ3) is 3.49. The number of benzene rings is 2. The molecule has 0 aliphatic rings. The van der Waals surface area contributed by atoms with E-state index in [4.69, 9.17) is 15.2 Å². The predicted octanol–water partition coefficient (Wildman–Crippen LogP) is 3.81. The maximum absolute atomic E-state index is 14.6. The molecular weight excluding hydrogens is 392 g/mol. The number of nitrogens with zero attached hydrogens (tertiary/aromatic N) is 4. The van der Waals surface area contributed by atoms with Crippen molar-refractivity contribution in [3.8, 4) is 23.0 Å². The number of halogens is 2. The fraction of sp³-hybridized carbons (Fsp3) is 0.190. The Balaban J connectivity index is 1.79. The van der Waals surface area contributed by atoms with Crippen LogP contribution in [0.5, 0.6) is 11.5 Å². The van der Waals surface area contributed by atoms with Crippen LogP contribution in [0.2, 0.25) is 0 Å². The van der Waals surface area contributed by atoms with Gasteiger partial charge < -0.3 is 15.2 Å². The molecule has 0 unspecified atom stereocenters. The van der Waals surface area contributed by atoms with Gasteiger partial charge in [0.1, 0.15) is 23.1 Å². The number of ether oxygens (including phenoxy) is 2. The zero-order chi connectivity index (χ0) is 21.3. The third-order valence-electron chi connectivity index (χ3n) is 4.61. The van der Waals surface area contributed by atoms with Crippen LogP contribution in [0.15, 0.2) is 42.6 Å². The first-order valence-electron chi connectivity index (χ1n) is 9.25. The number of nitrogen functional groups attached to an aromatic ring is 1. The molecule has 0 aliphatic heterocycles. The van der Waals surface area contributed by atoms with Gasteiger partial charge in [0.05, 0.1) is 32.0 Å². The third-order valence-corrected chi connectivity index (χ3v) is 4.61. The van der Waals surface area contributed by atoms with Gasteiger partial charge in [-0.05, 0) is 13.0 Å². The fourth-order valence-electron chi connectivity index (χ4n) is 3.20. The highest BCUT2D eigenvalue weighted by Crippen LogP contribution is 2.29. The van der Waals surface area contributed by atoms with E-state index in [1.54, 1.807) is 6.92 Å². The van der Waals surface area contributed by atoms with Gasteiger partial charge in [-0.15, -0.1) is 0 Å². The van der Waals surface area contributed by atoms with Gasteiger partial charge in [0, 0.05) is 23.1 Å². The summed E-state index contributed by atoms with van der Waals surface area (Å²) >= 11 is 0. The second-order valence-electron chi connectivity index (χ2n) is 6.47. The Kier molecular flexibility index (Phi) is 5.18. The molecule has 2 N–H and O–H groups in total. The normalized spacial score (nSPS) is 11.1. The van der Waals surface area contributed by atoms with Crippen molar-refractivity contribution in [1.82, 2.24) is 19.7 Å². The number of anilines is 1. The van der Waals surface area contributed by atoms with Crippen LogP contribution in [0.3, 0.4) is 0 Å². The van der Waals surface area contributed by atoms with Crippen LogP contribution in [0.4, 0.5) is 14.6 Å². The van der Waals surface area contributed by atoms with Crippen LogP contribution in [-0.4, -0.2) is 33.5 Å². The van der Waals surface area contributed by atoms with Crippen molar-refractivity contribution in [2.45, 2.75) is 13.5 Å². The minimum atomic E-state index is -0.704. The summed E-state index contributed by atoms with van der Waals surface area (Å²) in [5, 5.41) is 5.25. The average molecular weight is 411 g/mol. The van der Waals surface area contributed by atoms with Crippen molar-refractivity contribution < 1.29 is 18.3 Å². The maximum Gasteiger partial charge on any atom is 0.182 e. The summed E-state index contributed by atoms with van der Waals surface area (Å²) in [5.41, 5.74) is 6.91. The van der Waals surface area contributed by atoms with Crippen LogP contribution >= 0.6 is 0 Å². The molecule has 30 heavy (non-hydrogen) atoms. The SMILES string of the molecule is CCOc1cc(F)c(Cn2nc(-c3ncc(OC)c(N)n3)c3ccccc32)c(F)c1. The summed E-state index contributed by atoms with van der Waals surface area (Å²) in [7, 11) is 1.47. The number of methoxy groups -OCH3 is 1. The zero-order valence-corrected chi connectivity index (χ0v) is 16.4. The first kappa shape index (κ1) is 19.6. The number of hydrogen-bond donors (Lipinski definition) is 1. The maximum atomic E-state index is 14.6. The monoisotopic (exact) mass is 411 g/mol. The second kappa shape index (κ2) is 7.94. The molecule has 4 aromatic rings. The quantitative estimate of drug-likeness (QED) is 0.519. The molecule has 0 amide bonds. The van der Waals surface area contributed by atoms with Crippen LogP contribution in [0, 0.1) is 11.6 Å². The van der Waals surface area contributed by atoms with Gasteiger partial charge in [-0.2, -0.15) is 5.10 Å². The Labute approximate surface area is 171 Å². The van der Waals surface area contributed by atoms with Crippen molar-refractivity contribution >= 4 is 16.7 Å². The number of hydrogen-bond acceptors (Lipinski definition) is 6. The highest BCUT2D eigenvalue weighted by Gasteiger charge is 2.19. The summed E-state index contributed by atoms with van der Waals surface area (Å²) in [6, 6.07) is 9.64. The first-order chi connectivity index (χ1) is 14.5. The highest BCUT2D eigenvalue weighted by atomic mass is 19.1. The van der Waals surface area contributed by atoms with Gasteiger partial charge in [0.25, 0.3) is 0 Å².